The SMILES string of the molecule is CCCn1ccnc1CC(NC)C1CCCCS1(=O)=O. The summed E-state index contributed by atoms with van der Waals surface area (Å²) in [5, 5.41) is 2.93. The number of likely N-dealkylation sites (N-methyl/N-ethyl adjacent to an activating group) is 1. The van der Waals surface area contributed by atoms with Gasteiger partial charge in [-0.1, -0.05) is 13.3 Å². The quantitative estimate of drug-likeness (QED) is 0.862. The zero-order valence-electron chi connectivity index (χ0n) is 12.4. The summed E-state index contributed by atoms with van der Waals surface area (Å²) in [7, 11) is -1.11. The van der Waals surface area contributed by atoms with Crippen LogP contribution in [0.5, 0.6) is 0 Å². The maximum Gasteiger partial charge on any atom is 0.154 e. The van der Waals surface area contributed by atoms with Gasteiger partial charge in [-0.3, -0.25) is 0 Å². The maximum absolute atomic E-state index is 12.3. The lowest BCUT2D eigenvalue weighted by Gasteiger charge is -2.29. The Morgan fingerprint density at radius 1 is 1.50 bits per heavy atom. The van der Waals surface area contributed by atoms with Crippen molar-refractivity contribution < 1.29 is 8.42 Å². The Bertz CT molecular complexity index is 524. The van der Waals surface area contributed by atoms with Crippen LogP contribution in [0.3, 0.4) is 0 Å². The first kappa shape index (κ1) is 15.5. The zero-order chi connectivity index (χ0) is 14.6. The van der Waals surface area contributed by atoms with E-state index in [9.17, 15) is 8.42 Å². The number of sulfone groups is 1. The molecule has 1 saturated heterocycles. The Labute approximate surface area is 121 Å². The molecule has 20 heavy (non-hydrogen) atoms. The van der Waals surface area contributed by atoms with Crippen molar-refractivity contribution in [2.75, 3.05) is 12.8 Å². The summed E-state index contributed by atoms with van der Waals surface area (Å²) in [6.07, 6.45) is 8.07. The molecule has 0 aromatic carbocycles. The molecule has 0 aliphatic carbocycles. The van der Waals surface area contributed by atoms with Crippen LogP contribution in [0.25, 0.3) is 0 Å². The summed E-state index contributed by atoms with van der Waals surface area (Å²) >= 11 is 0. The van der Waals surface area contributed by atoms with Crippen molar-refractivity contribution in [2.24, 2.45) is 0 Å². The van der Waals surface area contributed by atoms with Crippen LogP contribution in [-0.2, 0) is 22.8 Å². The summed E-state index contributed by atoms with van der Waals surface area (Å²) < 4.78 is 26.6. The van der Waals surface area contributed by atoms with E-state index in [-0.39, 0.29) is 11.3 Å². The van der Waals surface area contributed by atoms with Crippen molar-refractivity contribution in [3.8, 4) is 0 Å². The van der Waals surface area contributed by atoms with Crippen LogP contribution in [-0.4, -0.2) is 42.1 Å². The zero-order valence-corrected chi connectivity index (χ0v) is 13.2. The lowest BCUT2D eigenvalue weighted by Crippen LogP contribution is -2.47. The molecule has 0 saturated carbocycles. The fraction of sp³-hybridized carbons (Fsp3) is 0.786. The van der Waals surface area contributed by atoms with E-state index in [2.05, 4.69) is 21.8 Å². The Balaban J connectivity index is 2.14. The van der Waals surface area contributed by atoms with Gasteiger partial charge in [0.05, 0.1) is 11.0 Å². The number of hydrogen-bond donors (Lipinski definition) is 1. The maximum atomic E-state index is 12.3. The minimum atomic E-state index is -2.96. The van der Waals surface area contributed by atoms with Crippen molar-refractivity contribution >= 4 is 9.84 Å². The van der Waals surface area contributed by atoms with E-state index in [1.165, 1.54) is 0 Å². The summed E-state index contributed by atoms with van der Waals surface area (Å²) in [6.45, 7) is 3.06. The van der Waals surface area contributed by atoms with Gasteiger partial charge in [-0.2, -0.15) is 0 Å². The number of imidazole rings is 1. The van der Waals surface area contributed by atoms with Crippen molar-refractivity contribution in [3.63, 3.8) is 0 Å². The molecule has 1 aromatic rings. The first-order chi connectivity index (χ1) is 9.58. The number of aromatic nitrogens is 2. The average molecular weight is 299 g/mol. The van der Waals surface area contributed by atoms with Crippen LogP contribution in [0.4, 0.5) is 0 Å². The molecule has 2 atom stereocenters. The molecule has 0 amide bonds. The smallest absolute Gasteiger partial charge is 0.154 e. The van der Waals surface area contributed by atoms with Crippen LogP contribution in [0.2, 0.25) is 0 Å². The molecule has 2 rings (SSSR count). The molecular weight excluding hydrogens is 274 g/mol. The Morgan fingerprint density at radius 3 is 2.95 bits per heavy atom. The van der Waals surface area contributed by atoms with Crippen LogP contribution < -0.4 is 5.32 Å². The molecule has 1 aliphatic heterocycles. The molecule has 114 valence electrons. The van der Waals surface area contributed by atoms with E-state index in [0.717, 1.165) is 38.1 Å². The Morgan fingerprint density at radius 2 is 2.30 bits per heavy atom. The van der Waals surface area contributed by atoms with Crippen LogP contribution >= 0.6 is 0 Å². The lowest BCUT2D eigenvalue weighted by molar-refractivity contribution is 0.444. The van der Waals surface area contributed by atoms with E-state index in [1.54, 1.807) is 6.20 Å². The number of nitrogens with one attached hydrogen (secondary N) is 1. The van der Waals surface area contributed by atoms with Crippen LogP contribution in [0, 0.1) is 0 Å². The molecule has 0 spiro atoms. The van der Waals surface area contributed by atoms with Gasteiger partial charge in [-0.15, -0.1) is 0 Å². The highest BCUT2D eigenvalue weighted by molar-refractivity contribution is 7.92. The molecule has 2 unspecified atom stereocenters. The van der Waals surface area contributed by atoms with Crippen molar-refractivity contribution in [1.29, 1.82) is 0 Å². The van der Waals surface area contributed by atoms with Gasteiger partial charge in [-0.05, 0) is 26.3 Å². The van der Waals surface area contributed by atoms with Gasteiger partial charge < -0.3 is 9.88 Å². The molecule has 1 aliphatic rings. The van der Waals surface area contributed by atoms with Crippen molar-refractivity contribution in [2.45, 2.75) is 56.9 Å². The third kappa shape index (κ3) is 3.41. The molecule has 0 radical (unpaired) electrons. The van der Waals surface area contributed by atoms with E-state index in [0.29, 0.717) is 12.2 Å². The monoisotopic (exact) mass is 299 g/mol. The Kier molecular flexibility index (Phi) is 5.21. The van der Waals surface area contributed by atoms with Gasteiger partial charge in [0.2, 0.25) is 0 Å². The average Bonchev–Trinajstić information content (AvgIpc) is 2.84. The summed E-state index contributed by atoms with van der Waals surface area (Å²) in [4.78, 5) is 4.39. The fourth-order valence-corrected chi connectivity index (χ4v) is 5.19. The van der Waals surface area contributed by atoms with Gasteiger partial charge in [0, 0.05) is 31.4 Å². The third-order valence-electron chi connectivity index (χ3n) is 4.12. The molecule has 1 fully saturated rings. The van der Waals surface area contributed by atoms with E-state index >= 15 is 0 Å². The second kappa shape index (κ2) is 6.72. The Hall–Kier alpha value is -0.880. The second-order valence-electron chi connectivity index (χ2n) is 5.54. The molecule has 0 bridgehead atoms. The third-order valence-corrected chi connectivity index (χ3v) is 6.46. The van der Waals surface area contributed by atoms with Crippen LogP contribution in [0.1, 0.15) is 38.4 Å². The highest BCUT2D eigenvalue weighted by atomic mass is 32.2. The molecule has 1 aromatic heterocycles. The van der Waals surface area contributed by atoms with E-state index < -0.39 is 9.84 Å². The van der Waals surface area contributed by atoms with Crippen LogP contribution in [0.15, 0.2) is 12.4 Å². The van der Waals surface area contributed by atoms with Gasteiger partial charge in [-0.25, -0.2) is 13.4 Å². The van der Waals surface area contributed by atoms with Crippen molar-refractivity contribution in [1.82, 2.24) is 14.9 Å². The summed E-state index contributed by atoms with van der Waals surface area (Å²) in [6, 6.07) is -0.0432. The molecule has 2 heterocycles. The van der Waals surface area contributed by atoms with E-state index in [1.807, 2.05) is 13.2 Å². The highest BCUT2D eigenvalue weighted by Gasteiger charge is 2.35. The summed E-state index contributed by atoms with van der Waals surface area (Å²) in [5.41, 5.74) is 0. The minimum absolute atomic E-state index is 0.0432. The lowest BCUT2D eigenvalue weighted by atomic mass is 10.0. The second-order valence-corrected chi connectivity index (χ2v) is 7.88. The topological polar surface area (TPSA) is 64.0 Å². The van der Waals surface area contributed by atoms with E-state index in [4.69, 9.17) is 0 Å². The first-order valence-electron chi connectivity index (χ1n) is 7.47. The normalized spacial score (nSPS) is 23.6. The minimum Gasteiger partial charge on any atom is -0.335 e. The summed E-state index contributed by atoms with van der Waals surface area (Å²) in [5.74, 6) is 1.31. The predicted molar refractivity (Wildman–Crippen MR) is 80.5 cm³/mol. The first-order valence-corrected chi connectivity index (χ1v) is 9.19. The molecule has 1 N–H and O–H groups in total. The number of hydrogen-bond acceptors (Lipinski definition) is 4. The molecule has 6 heteroatoms. The number of rotatable bonds is 6. The highest BCUT2D eigenvalue weighted by Crippen LogP contribution is 2.24. The number of aryl methyl sites for hydroxylation is 1. The molecule has 5 nitrogen and oxygen atoms in total. The van der Waals surface area contributed by atoms with Gasteiger partial charge >= 0.3 is 0 Å². The van der Waals surface area contributed by atoms with Gasteiger partial charge in [0.25, 0.3) is 0 Å². The predicted octanol–water partition coefficient (Wildman–Crippen LogP) is 1.39. The molecular formula is C14H25N3O2S. The van der Waals surface area contributed by atoms with Crippen molar-refractivity contribution in [3.05, 3.63) is 18.2 Å². The number of nitrogens with zero attached hydrogens (tertiary/aromatic N) is 2. The largest absolute Gasteiger partial charge is 0.335 e. The standard InChI is InChI=1S/C14H25N3O2S/c1-3-8-17-9-7-16-14(17)11-12(15-2)13-6-4-5-10-20(13,18)19/h7,9,12-13,15H,3-6,8,10-11H2,1-2H3. The van der Waals surface area contributed by atoms with Gasteiger partial charge in [0.1, 0.15) is 5.82 Å². The van der Waals surface area contributed by atoms with Gasteiger partial charge in [0.15, 0.2) is 9.84 Å². The fourth-order valence-electron chi connectivity index (χ4n) is 3.02.